The Morgan fingerprint density at radius 2 is 1.83 bits per heavy atom. The Labute approximate surface area is 134 Å². The Balaban J connectivity index is 1.77. The highest BCUT2D eigenvalue weighted by molar-refractivity contribution is 5.59. The molecular weight excluding hydrogens is 290 g/mol. The van der Waals surface area contributed by atoms with Gasteiger partial charge in [0, 0.05) is 18.2 Å². The lowest BCUT2D eigenvalue weighted by molar-refractivity contribution is 0.414. The molecule has 0 spiro atoms. The van der Waals surface area contributed by atoms with E-state index in [0.717, 1.165) is 16.9 Å². The first-order chi connectivity index (χ1) is 11.2. The lowest BCUT2D eigenvalue weighted by Gasteiger charge is -2.08. The van der Waals surface area contributed by atoms with Gasteiger partial charge in [-0.05, 0) is 17.7 Å². The third-order valence-corrected chi connectivity index (χ3v) is 3.43. The molecule has 0 unspecified atom stereocenters. The van der Waals surface area contributed by atoms with Crippen molar-refractivity contribution in [1.29, 1.82) is 0 Å². The van der Waals surface area contributed by atoms with Crippen LogP contribution in [0.3, 0.4) is 0 Å². The predicted octanol–water partition coefficient (Wildman–Crippen LogP) is 3.06. The van der Waals surface area contributed by atoms with Gasteiger partial charge in [-0.25, -0.2) is 4.98 Å². The summed E-state index contributed by atoms with van der Waals surface area (Å²) in [5, 5.41) is 3.14. The molecule has 0 saturated carbocycles. The summed E-state index contributed by atoms with van der Waals surface area (Å²) in [7, 11) is 1.64. The van der Waals surface area contributed by atoms with Crippen molar-refractivity contribution in [1.82, 2.24) is 9.97 Å². The fraction of sp³-hybridized carbons (Fsp3) is 0.111. The number of H-pyrrole nitrogens is 1. The molecule has 0 aliphatic carbocycles. The molecule has 1 heterocycles. The average molecular weight is 307 g/mol. The van der Waals surface area contributed by atoms with Gasteiger partial charge in [-0.15, -0.1) is 0 Å². The number of aromatic amines is 1. The van der Waals surface area contributed by atoms with Crippen molar-refractivity contribution in [2.75, 3.05) is 12.4 Å². The largest absolute Gasteiger partial charge is 0.497 e. The summed E-state index contributed by atoms with van der Waals surface area (Å²) in [5.74, 6) is 1.26. The fourth-order valence-electron chi connectivity index (χ4n) is 2.23. The van der Waals surface area contributed by atoms with Crippen molar-refractivity contribution in [3.8, 4) is 17.0 Å². The quantitative estimate of drug-likeness (QED) is 0.760. The van der Waals surface area contributed by atoms with Gasteiger partial charge in [0.25, 0.3) is 5.56 Å². The monoisotopic (exact) mass is 307 g/mol. The molecule has 0 radical (unpaired) electrons. The highest BCUT2D eigenvalue weighted by atomic mass is 16.5. The van der Waals surface area contributed by atoms with Gasteiger partial charge in [0.1, 0.15) is 5.75 Å². The van der Waals surface area contributed by atoms with E-state index in [1.54, 1.807) is 7.11 Å². The van der Waals surface area contributed by atoms with E-state index < -0.39 is 0 Å². The number of hydrogen-bond donors (Lipinski definition) is 2. The van der Waals surface area contributed by atoms with E-state index in [0.29, 0.717) is 18.2 Å². The minimum atomic E-state index is -0.184. The molecule has 116 valence electrons. The van der Waals surface area contributed by atoms with Gasteiger partial charge in [0.15, 0.2) is 0 Å². The first-order valence-electron chi connectivity index (χ1n) is 7.28. The molecule has 3 aromatic rings. The number of aromatic nitrogens is 2. The number of ether oxygens (including phenoxy) is 1. The van der Waals surface area contributed by atoms with Gasteiger partial charge < -0.3 is 10.1 Å². The van der Waals surface area contributed by atoms with E-state index in [2.05, 4.69) is 15.3 Å². The van der Waals surface area contributed by atoms with Gasteiger partial charge in [0.05, 0.1) is 12.8 Å². The van der Waals surface area contributed by atoms with Crippen LogP contribution in [-0.2, 0) is 6.54 Å². The summed E-state index contributed by atoms with van der Waals surface area (Å²) >= 11 is 0. The second-order valence-corrected chi connectivity index (χ2v) is 5.05. The minimum absolute atomic E-state index is 0.184. The highest BCUT2D eigenvalue weighted by Crippen LogP contribution is 2.16. The fourth-order valence-corrected chi connectivity index (χ4v) is 2.23. The van der Waals surface area contributed by atoms with E-state index in [1.807, 2.05) is 54.6 Å². The summed E-state index contributed by atoms with van der Waals surface area (Å²) in [6.07, 6.45) is 0. The van der Waals surface area contributed by atoms with Crippen LogP contribution in [0.15, 0.2) is 65.5 Å². The second kappa shape index (κ2) is 6.79. The Morgan fingerprint density at radius 3 is 2.52 bits per heavy atom. The maximum Gasteiger partial charge on any atom is 0.252 e. The van der Waals surface area contributed by atoms with E-state index >= 15 is 0 Å². The minimum Gasteiger partial charge on any atom is -0.497 e. The van der Waals surface area contributed by atoms with Crippen LogP contribution in [0, 0.1) is 0 Å². The average Bonchev–Trinajstić information content (AvgIpc) is 2.61. The van der Waals surface area contributed by atoms with Gasteiger partial charge in [-0.2, -0.15) is 0 Å². The maximum atomic E-state index is 11.8. The van der Waals surface area contributed by atoms with Crippen molar-refractivity contribution in [2.24, 2.45) is 0 Å². The molecule has 1 aromatic heterocycles. The number of nitrogens with zero attached hydrogens (tertiary/aromatic N) is 1. The topological polar surface area (TPSA) is 67.0 Å². The highest BCUT2D eigenvalue weighted by Gasteiger charge is 2.04. The zero-order valence-corrected chi connectivity index (χ0v) is 12.7. The summed E-state index contributed by atoms with van der Waals surface area (Å²) in [5.41, 5.74) is 2.44. The molecule has 2 aromatic carbocycles. The van der Waals surface area contributed by atoms with Crippen LogP contribution in [0.5, 0.6) is 5.75 Å². The molecular formula is C18H17N3O2. The molecule has 23 heavy (non-hydrogen) atoms. The van der Waals surface area contributed by atoms with Crippen LogP contribution in [0.25, 0.3) is 11.3 Å². The molecule has 5 nitrogen and oxygen atoms in total. The number of methoxy groups -OCH3 is 1. The predicted molar refractivity (Wildman–Crippen MR) is 90.6 cm³/mol. The molecule has 3 rings (SSSR count). The molecule has 0 bridgehead atoms. The summed E-state index contributed by atoms with van der Waals surface area (Å²) in [4.78, 5) is 19.0. The van der Waals surface area contributed by atoms with Gasteiger partial charge in [-0.3, -0.25) is 9.78 Å². The normalized spacial score (nSPS) is 10.3. The Kier molecular flexibility index (Phi) is 4.38. The molecule has 0 aliphatic rings. The Hall–Kier alpha value is -3.08. The summed E-state index contributed by atoms with van der Waals surface area (Å²) in [6.45, 7) is 0.561. The van der Waals surface area contributed by atoms with Gasteiger partial charge >= 0.3 is 0 Å². The molecule has 0 amide bonds. The lowest BCUT2D eigenvalue weighted by atomic mass is 10.1. The smallest absolute Gasteiger partial charge is 0.252 e. The van der Waals surface area contributed by atoms with Crippen molar-refractivity contribution in [3.63, 3.8) is 0 Å². The molecule has 5 heteroatoms. The van der Waals surface area contributed by atoms with Crippen molar-refractivity contribution in [3.05, 3.63) is 76.6 Å². The van der Waals surface area contributed by atoms with Crippen LogP contribution < -0.4 is 15.6 Å². The summed E-state index contributed by atoms with van der Waals surface area (Å²) < 4.78 is 5.13. The first kappa shape index (κ1) is 14.8. The van der Waals surface area contributed by atoms with E-state index in [4.69, 9.17) is 4.74 Å². The van der Waals surface area contributed by atoms with Crippen molar-refractivity contribution in [2.45, 2.75) is 6.54 Å². The number of nitrogens with one attached hydrogen (secondary N) is 2. The third kappa shape index (κ3) is 3.77. The van der Waals surface area contributed by atoms with Crippen LogP contribution >= 0.6 is 0 Å². The Morgan fingerprint density at radius 1 is 1.09 bits per heavy atom. The van der Waals surface area contributed by atoms with Gasteiger partial charge in [-0.1, -0.05) is 42.5 Å². The Bertz CT molecular complexity index is 827. The van der Waals surface area contributed by atoms with E-state index in [1.165, 1.54) is 6.07 Å². The van der Waals surface area contributed by atoms with E-state index in [-0.39, 0.29) is 5.56 Å². The molecule has 0 fully saturated rings. The molecule has 0 saturated heterocycles. The standard InChI is InChI=1S/C18H17N3O2/c1-23-15-9-7-13(8-10-15)12-19-18-20-16(11-17(22)21-18)14-5-3-2-4-6-14/h2-11H,12H2,1H3,(H2,19,20,21,22). The number of benzene rings is 2. The van der Waals surface area contributed by atoms with Gasteiger partial charge in [0.2, 0.25) is 5.95 Å². The first-order valence-corrected chi connectivity index (χ1v) is 7.28. The van der Waals surface area contributed by atoms with E-state index in [9.17, 15) is 4.79 Å². The number of rotatable bonds is 5. The second-order valence-electron chi connectivity index (χ2n) is 5.05. The van der Waals surface area contributed by atoms with Crippen molar-refractivity contribution < 1.29 is 4.74 Å². The summed E-state index contributed by atoms with van der Waals surface area (Å²) in [6, 6.07) is 18.8. The van der Waals surface area contributed by atoms with Crippen LogP contribution in [0.4, 0.5) is 5.95 Å². The van der Waals surface area contributed by atoms with Crippen LogP contribution in [-0.4, -0.2) is 17.1 Å². The zero-order chi connectivity index (χ0) is 16.1. The molecule has 2 N–H and O–H groups in total. The zero-order valence-electron chi connectivity index (χ0n) is 12.7. The molecule has 0 atom stereocenters. The maximum absolute atomic E-state index is 11.8. The molecule has 0 aliphatic heterocycles. The number of anilines is 1. The number of hydrogen-bond acceptors (Lipinski definition) is 4. The lowest BCUT2D eigenvalue weighted by Crippen LogP contribution is -2.12. The van der Waals surface area contributed by atoms with Crippen LogP contribution in [0.1, 0.15) is 5.56 Å². The third-order valence-electron chi connectivity index (χ3n) is 3.43. The SMILES string of the molecule is COc1ccc(CNc2nc(-c3ccccc3)cc(=O)[nH]2)cc1. The van der Waals surface area contributed by atoms with Crippen LogP contribution in [0.2, 0.25) is 0 Å². The van der Waals surface area contributed by atoms with Crippen molar-refractivity contribution >= 4 is 5.95 Å².